The van der Waals surface area contributed by atoms with Gasteiger partial charge in [0.05, 0.1) is 11.5 Å². The number of sulfone groups is 1. The van der Waals surface area contributed by atoms with Crippen molar-refractivity contribution in [3.05, 3.63) is 24.1 Å². The van der Waals surface area contributed by atoms with Crippen LogP contribution in [-0.4, -0.2) is 33.3 Å². The SMILES string of the molecule is O=S(=O)(Cl)CCS(=O)(=O)c1ncccc1F. The van der Waals surface area contributed by atoms with E-state index in [4.69, 9.17) is 10.7 Å². The molecule has 0 fully saturated rings. The smallest absolute Gasteiger partial charge is 0.233 e. The Hall–Kier alpha value is -0.730. The highest BCUT2D eigenvalue weighted by molar-refractivity contribution is 8.14. The van der Waals surface area contributed by atoms with E-state index < -0.39 is 41.2 Å². The second kappa shape index (κ2) is 4.64. The van der Waals surface area contributed by atoms with Gasteiger partial charge in [0.25, 0.3) is 0 Å². The lowest BCUT2D eigenvalue weighted by atomic mass is 10.5. The molecule has 0 aliphatic rings. The molecule has 0 saturated carbocycles. The molecule has 0 N–H and O–H groups in total. The minimum atomic E-state index is -4.07. The highest BCUT2D eigenvalue weighted by atomic mass is 35.7. The quantitative estimate of drug-likeness (QED) is 0.756. The van der Waals surface area contributed by atoms with Crippen molar-refractivity contribution >= 4 is 29.6 Å². The van der Waals surface area contributed by atoms with Crippen LogP contribution in [0, 0.1) is 5.82 Å². The lowest BCUT2D eigenvalue weighted by molar-refractivity contribution is 0.553. The highest BCUT2D eigenvalue weighted by Crippen LogP contribution is 2.13. The number of hydrogen-bond donors (Lipinski definition) is 0. The Morgan fingerprint density at radius 2 is 1.88 bits per heavy atom. The molecule has 0 saturated heterocycles. The largest absolute Gasteiger partial charge is 0.242 e. The fraction of sp³-hybridized carbons (Fsp3) is 0.286. The minimum absolute atomic E-state index is 0.768. The monoisotopic (exact) mass is 287 g/mol. The molecule has 0 radical (unpaired) electrons. The minimum Gasteiger partial charge on any atom is -0.242 e. The van der Waals surface area contributed by atoms with Gasteiger partial charge in [0.15, 0.2) is 20.7 Å². The van der Waals surface area contributed by atoms with Crippen molar-refractivity contribution < 1.29 is 21.2 Å². The van der Waals surface area contributed by atoms with Crippen LogP contribution in [0.15, 0.2) is 23.4 Å². The molecule has 9 heteroatoms. The highest BCUT2D eigenvalue weighted by Gasteiger charge is 2.22. The van der Waals surface area contributed by atoms with Crippen LogP contribution in [0.2, 0.25) is 0 Å². The van der Waals surface area contributed by atoms with E-state index in [1.54, 1.807) is 0 Å². The van der Waals surface area contributed by atoms with Crippen molar-refractivity contribution in [1.82, 2.24) is 4.98 Å². The Balaban J connectivity index is 3.01. The van der Waals surface area contributed by atoms with E-state index in [-0.39, 0.29) is 0 Å². The van der Waals surface area contributed by atoms with Crippen molar-refractivity contribution in [3.8, 4) is 0 Å². The molecule has 0 amide bonds. The van der Waals surface area contributed by atoms with E-state index >= 15 is 0 Å². The number of pyridine rings is 1. The third-order valence-corrected chi connectivity index (χ3v) is 4.66. The first-order valence-electron chi connectivity index (χ1n) is 3.98. The zero-order chi connectivity index (χ0) is 12.4. The lowest BCUT2D eigenvalue weighted by Crippen LogP contribution is -2.16. The molecule has 0 bridgehead atoms. The molecule has 1 rings (SSSR count). The topological polar surface area (TPSA) is 81.2 Å². The first-order valence-corrected chi connectivity index (χ1v) is 8.11. The van der Waals surface area contributed by atoms with Crippen LogP contribution >= 0.6 is 10.7 Å². The number of nitrogens with zero attached hydrogens (tertiary/aromatic N) is 1. The number of hydrogen-bond acceptors (Lipinski definition) is 5. The Bertz CT molecular complexity index is 584. The number of rotatable bonds is 4. The second-order valence-electron chi connectivity index (χ2n) is 2.85. The molecule has 0 unspecified atom stereocenters. The van der Waals surface area contributed by atoms with Crippen molar-refractivity contribution in [2.24, 2.45) is 0 Å². The van der Waals surface area contributed by atoms with Gasteiger partial charge in [0.2, 0.25) is 9.05 Å². The van der Waals surface area contributed by atoms with E-state index in [0.29, 0.717) is 0 Å². The van der Waals surface area contributed by atoms with Gasteiger partial charge >= 0.3 is 0 Å². The number of aromatic nitrogens is 1. The summed E-state index contributed by atoms with van der Waals surface area (Å²) in [5.41, 5.74) is 0. The average molecular weight is 288 g/mol. The third-order valence-electron chi connectivity index (χ3n) is 1.62. The molecule has 5 nitrogen and oxygen atoms in total. The molecular formula is C7H7ClFNO4S2. The maximum absolute atomic E-state index is 13.1. The molecule has 0 aromatic carbocycles. The van der Waals surface area contributed by atoms with Crippen molar-refractivity contribution in [2.75, 3.05) is 11.5 Å². The van der Waals surface area contributed by atoms with E-state index in [1.165, 1.54) is 6.07 Å². The normalized spacial score (nSPS) is 12.6. The maximum atomic E-state index is 13.1. The molecule has 0 aliphatic heterocycles. The zero-order valence-corrected chi connectivity index (χ0v) is 10.2. The van der Waals surface area contributed by atoms with Crippen LogP contribution in [-0.2, 0) is 18.9 Å². The third kappa shape index (κ3) is 3.69. The fourth-order valence-electron chi connectivity index (χ4n) is 0.906. The van der Waals surface area contributed by atoms with Crippen LogP contribution in [0.3, 0.4) is 0 Å². The van der Waals surface area contributed by atoms with E-state index in [2.05, 4.69) is 4.98 Å². The zero-order valence-electron chi connectivity index (χ0n) is 7.80. The van der Waals surface area contributed by atoms with Gasteiger partial charge < -0.3 is 0 Å². The van der Waals surface area contributed by atoms with Gasteiger partial charge in [-0.25, -0.2) is 26.2 Å². The Morgan fingerprint density at radius 1 is 1.25 bits per heavy atom. The Labute approximate surface area is 96.6 Å². The van der Waals surface area contributed by atoms with Gasteiger partial charge in [-0.2, -0.15) is 0 Å². The summed E-state index contributed by atoms with van der Waals surface area (Å²) in [6, 6.07) is 2.15. The summed E-state index contributed by atoms with van der Waals surface area (Å²) in [5, 5.41) is -0.768. The first-order chi connectivity index (χ1) is 7.22. The van der Waals surface area contributed by atoms with E-state index in [1.807, 2.05) is 0 Å². The van der Waals surface area contributed by atoms with Gasteiger partial charge in [0.1, 0.15) is 0 Å². The molecule has 16 heavy (non-hydrogen) atoms. The fourth-order valence-corrected chi connectivity index (χ4v) is 3.93. The van der Waals surface area contributed by atoms with Gasteiger partial charge in [-0.1, -0.05) is 0 Å². The van der Waals surface area contributed by atoms with Crippen molar-refractivity contribution in [3.63, 3.8) is 0 Å². The van der Waals surface area contributed by atoms with Crippen LogP contribution in [0.4, 0.5) is 4.39 Å². The summed E-state index contributed by atoms with van der Waals surface area (Å²) in [7, 11) is -3.15. The van der Waals surface area contributed by atoms with Crippen molar-refractivity contribution in [2.45, 2.75) is 5.03 Å². The summed E-state index contributed by atoms with van der Waals surface area (Å²) in [6.45, 7) is 0. The lowest BCUT2D eigenvalue weighted by Gasteiger charge is -2.02. The van der Waals surface area contributed by atoms with Gasteiger partial charge in [-0.05, 0) is 12.1 Å². The molecule has 1 aromatic rings. The molecule has 1 heterocycles. The van der Waals surface area contributed by atoms with Gasteiger partial charge in [0, 0.05) is 16.9 Å². The van der Waals surface area contributed by atoms with E-state index in [9.17, 15) is 21.2 Å². The number of halogens is 2. The molecule has 1 aromatic heterocycles. The molecule has 0 spiro atoms. The average Bonchev–Trinajstić information content (AvgIpc) is 2.14. The Kier molecular flexibility index (Phi) is 3.87. The molecular weight excluding hydrogens is 281 g/mol. The second-order valence-corrected chi connectivity index (χ2v) is 7.77. The van der Waals surface area contributed by atoms with Crippen LogP contribution in [0.25, 0.3) is 0 Å². The summed E-state index contributed by atoms with van der Waals surface area (Å²) in [6.07, 6.45) is 1.10. The van der Waals surface area contributed by atoms with Gasteiger partial charge in [-0.3, -0.25) is 0 Å². The standard InChI is InChI=1S/C7H7ClFNO4S2/c8-16(13,14)5-4-15(11,12)7-6(9)2-1-3-10-7/h1-3H,4-5H2. The summed E-state index contributed by atoms with van der Waals surface area (Å²) >= 11 is 0. The van der Waals surface area contributed by atoms with Crippen LogP contribution < -0.4 is 0 Å². The Morgan fingerprint density at radius 3 is 2.38 bits per heavy atom. The summed E-state index contributed by atoms with van der Waals surface area (Å²) in [4.78, 5) is 3.35. The molecule has 90 valence electrons. The van der Waals surface area contributed by atoms with Crippen LogP contribution in [0.1, 0.15) is 0 Å². The molecule has 0 atom stereocenters. The van der Waals surface area contributed by atoms with E-state index in [0.717, 1.165) is 12.3 Å². The summed E-state index contributed by atoms with van der Waals surface area (Å²) in [5.74, 6) is -2.60. The van der Waals surface area contributed by atoms with Gasteiger partial charge in [-0.15, -0.1) is 0 Å². The predicted molar refractivity (Wildman–Crippen MR) is 55.9 cm³/mol. The first kappa shape index (κ1) is 13.3. The molecule has 0 aliphatic carbocycles. The maximum Gasteiger partial charge on any atom is 0.233 e. The predicted octanol–water partition coefficient (Wildman–Crippen LogP) is 0.563. The van der Waals surface area contributed by atoms with Crippen LogP contribution in [0.5, 0.6) is 0 Å². The van der Waals surface area contributed by atoms with Crippen molar-refractivity contribution in [1.29, 1.82) is 0 Å². The summed E-state index contributed by atoms with van der Waals surface area (Å²) < 4.78 is 57.2.